The van der Waals surface area contributed by atoms with Crippen molar-refractivity contribution in [3.63, 3.8) is 0 Å². The lowest BCUT2D eigenvalue weighted by Crippen LogP contribution is -2.23. The molecular formula is C18H20BrN. The van der Waals surface area contributed by atoms with E-state index in [0.29, 0.717) is 12.1 Å². The molecule has 2 aromatic carbocycles. The first-order valence-corrected chi connectivity index (χ1v) is 8.04. The molecule has 1 aliphatic rings. The third-order valence-corrected chi connectivity index (χ3v) is 4.73. The standard InChI is InChI=1S/C18H20BrN/c1-12-3-4-15-7-10-18(17(15)11-12)20-13(2)14-5-8-16(19)9-6-14/h3-6,8-9,11,13,18,20H,7,10H2,1-2H3/t13-,18?/m1/s1. The first-order chi connectivity index (χ1) is 9.63. The van der Waals surface area contributed by atoms with Gasteiger partial charge in [-0.25, -0.2) is 0 Å². The van der Waals surface area contributed by atoms with Gasteiger partial charge in [-0.1, -0.05) is 51.8 Å². The predicted molar refractivity (Wildman–Crippen MR) is 87.9 cm³/mol. The highest BCUT2D eigenvalue weighted by Crippen LogP contribution is 2.33. The van der Waals surface area contributed by atoms with Crippen molar-refractivity contribution in [2.45, 2.75) is 38.8 Å². The molecule has 2 heteroatoms. The monoisotopic (exact) mass is 329 g/mol. The van der Waals surface area contributed by atoms with E-state index in [0.717, 1.165) is 4.47 Å². The topological polar surface area (TPSA) is 12.0 Å². The lowest BCUT2D eigenvalue weighted by molar-refractivity contribution is 0.465. The van der Waals surface area contributed by atoms with Crippen LogP contribution in [0.5, 0.6) is 0 Å². The van der Waals surface area contributed by atoms with Gasteiger partial charge >= 0.3 is 0 Å². The Bertz CT molecular complexity index is 603. The van der Waals surface area contributed by atoms with Gasteiger partial charge in [-0.15, -0.1) is 0 Å². The fourth-order valence-electron chi connectivity index (χ4n) is 3.04. The van der Waals surface area contributed by atoms with E-state index in [9.17, 15) is 0 Å². The maximum Gasteiger partial charge on any atom is 0.0331 e. The third kappa shape index (κ3) is 2.82. The summed E-state index contributed by atoms with van der Waals surface area (Å²) >= 11 is 3.49. The number of hydrogen-bond donors (Lipinski definition) is 1. The van der Waals surface area contributed by atoms with Gasteiger partial charge in [-0.2, -0.15) is 0 Å². The predicted octanol–water partition coefficient (Wildman–Crippen LogP) is 5.10. The molecule has 1 nitrogen and oxygen atoms in total. The zero-order valence-corrected chi connectivity index (χ0v) is 13.6. The summed E-state index contributed by atoms with van der Waals surface area (Å²) < 4.78 is 1.13. The van der Waals surface area contributed by atoms with E-state index >= 15 is 0 Å². The number of hydrogen-bond acceptors (Lipinski definition) is 1. The number of rotatable bonds is 3. The summed E-state index contributed by atoms with van der Waals surface area (Å²) in [5.74, 6) is 0. The van der Waals surface area contributed by atoms with Crippen LogP contribution in [0, 0.1) is 6.92 Å². The zero-order chi connectivity index (χ0) is 14.1. The summed E-state index contributed by atoms with van der Waals surface area (Å²) in [4.78, 5) is 0. The Morgan fingerprint density at radius 1 is 1.15 bits per heavy atom. The Morgan fingerprint density at radius 3 is 2.65 bits per heavy atom. The quantitative estimate of drug-likeness (QED) is 0.826. The van der Waals surface area contributed by atoms with E-state index in [1.165, 1.54) is 35.1 Å². The molecule has 104 valence electrons. The van der Waals surface area contributed by atoms with Crippen LogP contribution in [0.3, 0.4) is 0 Å². The summed E-state index contributed by atoms with van der Waals surface area (Å²) in [5, 5.41) is 3.78. The summed E-state index contributed by atoms with van der Waals surface area (Å²) in [6.07, 6.45) is 2.40. The molecule has 0 amide bonds. The van der Waals surface area contributed by atoms with Crippen molar-refractivity contribution in [1.29, 1.82) is 0 Å². The van der Waals surface area contributed by atoms with Crippen LogP contribution in [-0.2, 0) is 6.42 Å². The number of nitrogens with one attached hydrogen (secondary N) is 1. The SMILES string of the molecule is Cc1ccc2c(c1)C(N[C@H](C)c1ccc(Br)cc1)CC2. The van der Waals surface area contributed by atoms with Crippen LogP contribution >= 0.6 is 15.9 Å². The van der Waals surface area contributed by atoms with Crippen molar-refractivity contribution in [2.75, 3.05) is 0 Å². The average molecular weight is 330 g/mol. The lowest BCUT2D eigenvalue weighted by Gasteiger charge is -2.21. The molecule has 0 spiro atoms. The molecule has 2 atom stereocenters. The lowest BCUT2D eigenvalue weighted by atomic mass is 10.0. The van der Waals surface area contributed by atoms with Gasteiger partial charge in [0.2, 0.25) is 0 Å². The Kier molecular flexibility index (Phi) is 3.95. The third-order valence-electron chi connectivity index (χ3n) is 4.20. The van der Waals surface area contributed by atoms with Crippen LogP contribution in [0.2, 0.25) is 0 Å². The highest BCUT2D eigenvalue weighted by Gasteiger charge is 2.23. The van der Waals surface area contributed by atoms with E-state index < -0.39 is 0 Å². The molecule has 2 aromatic rings. The van der Waals surface area contributed by atoms with Crippen LogP contribution < -0.4 is 5.32 Å². The minimum absolute atomic E-state index is 0.375. The molecule has 0 fully saturated rings. The van der Waals surface area contributed by atoms with E-state index in [-0.39, 0.29) is 0 Å². The molecule has 0 aromatic heterocycles. The highest BCUT2D eigenvalue weighted by atomic mass is 79.9. The second-order valence-corrected chi connectivity index (χ2v) is 6.65. The van der Waals surface area contributed by atoms with E-state index in [4.69, 9.17) is 0 Å². The molecule has 0 heterocycles. The normalized spacial score (nSPS) is 18.9. The van der Waals surface area contributed by atoms with Crippen molar-refractivity contribution in [3.05, 3.63) is 69.2 Å². The van der Waals surface area contributed by atoms with Crippen LogP contribution in [0.25, 0.3) is 0 Å². The van der Waals surface area contributed by atoms with E-state index in [2.05, 4.69) is 77.6 Å². The molecule has 0 saturated carbocycles. The molecule has 0 radical (unpaired) electrons. The minimum atomic E-state index is 0.375. The Hall–Kier alpha value is -1.12. The van der Waals surface area contributed by atoms with Gasteiger partial charge in [0.1, 0.15) is 0 Å². The minimum Gasteiger partial charge on any atom is -0.303 e. The van der Waals surface area contributed by atoms with Gasteiger partial charge in [0.15, 0.2) is 0 Å². The summed E-state index contributed by atoms with van der Waals surface area (Å²) in [5.41, 5.74) is 5.70. The molecular weight excluding hydrogens is 310 g/mol. The van der Waals surface area contributed by atoms with Gasteiger partial charge in [0.25, 0.3) is 0 Å². The molecule has 0 aliphatic heterocycles. The van der Waals surface area contributed by atoms with Crippen molar-refractivity contribution < 1.29 is 0 Å². The first-order valence-electron chi connectivity index (χ1n) is 7.24. The molecule has 20 heavy (non-hydrogen) atoms. The number of halogens is 1. The van der Waals surface area contributed by atoms with Crippen LogP contribution in [0.1, 0.15) is 47.7 Å². The van der Waals surface area contributed by atoms with Gasteiger partial charge in [-0.05, 0) is 55.5 Å². The molecule has 1 N–H and O–H groups in total. The first kappa shape index (κ1) is 13.8. The van der Waals surface area contributed by atoms with Crippen molar-refractivity contribution >= 4 is 15.9 Å². The molecule has 0 bridgehead atoms. The van der Waals surface area contributed by atoms with E-state index in [1.807, 2.05) is 0 Å². The van der Waals surface area contributed by atoms with Crippen LogP contribution in [-0.4, -0.2) is 0 Å². The van der Waals surface area contributed by atoms with Crippen molar-refractivity contribution in [3.8, 4) is 0 Å². The highest BCUT2D eigenvalue weighted by molar-refractivity contribution is 9.10. The van der Waals surface area contributed by atoms with Gasteiger partial charge in [0.05, 0.1) is 0 Å². The fraction of sp³-hybridized carbons (Fsp3) is 0.333. The number of aryl methyl sites for hydroxylation is 2. The van der Waals surface area contributed by atoms with Crippen molar-refractivity contribution in [1.82, 2.24) is 5.32 Å². The molecule has 1 aliphatic carbocycles. The molecule has 0 saturated heterocycles. The summed E-state index contributed by atoms with van der Waals surface area (Å²) in [6.45, 7) is 4.42. The summed E-state index contributed by atoms with van der Waals surface area (Å²) in [6, 6.07) is 16.3. The maximum atomic E-state index is 3.78. The zero-order valence-electron chi connectivity index (χ0n) is 12.0. The van der Waals surface area contributed by atoms with Crippen LogP contribution in [0.15, 0.2) is 46.9 Å². The van der Waals surface area contributed by atoms with Crippen molar-refractivity contribution in [2.24, 2.45) is 0 Å². The van der Waals surface area contributed by atoms with E-state index in [1.54, 1.807) is 0 Å². The fourth-order valence-corrected chi connectivity index (χ4v) is 3.31. The van der Waals surface area contributed by atoms with Gasteiger partial charge < -0.3 is 5.32 Å². The Morgan fingerprint density at radius 2 is 1.90 bits per heavy atom. The Balaban J connectivity index is 1.76. The number of benzene rings is 2. The number of fused-ring (bicyclic) bond motifs is 1. The molecule has 1 unspecified atom stereocenters. The van der Waals surface area contributed by atoms with Gasteiger partial charge in [-0.3, -0.25) is 0 Å². The maximum absolute atomic E-state index is 3.78. The second-order valence-electron chi connectivity index (χ2n) is 5.73. The average Bonchev–Trinajstić information content (AvgIpc) is 2.82. The Labute approximate surface area is 129 Å². The molecule has 3 rings (SSSR count). The summed E-state index contributed by atoms with van der Waals surface area (Å²) in [7, 11) is 0. The smallest absolute Gasteiger partial charge is 0.0331 e. The largest absolute Gasteiger partial charge is 0.303 e. The second kappa shape index (κ2) is 5.71. The van der Waals surface area contributed by atoms with Gasteiger partial charge in [0, 0.05) is 16.6 Å². The van der Waals surface area contributed by atoms with Crippen LogP contribution in [0.4, 0.5) is 0 Å².